The highest BCUT2D eigenvalue weighted by Crippen LogP contribution is 2.47. The first kappa shape index (κ1) is 32.5. The molecule has 2 fully saturated rings. The lowest BCUT2D eigenvalue weighted by Gasteiger charge is -2.53. The number of para-hydroxylation sites is 1. The summed E-state index contributed by atoms with van der Waals surface area (Å²) in [6.07, 6.45) is 4.05. The Hall–Kier alpha value is -3.42. The zero-order valence-electron chi connectivity index (χ0n) is 28.5. The smallest absolute Gasteiger partial charge is 0.410 e. The number of rotatable bonds is 8. The number of carbonyl (C=O) groups is 1. The number of pyridine rings is 1. The highest BCUT2D eigenvalue weighted by molar-refractivity contribution is 5.69. The first-order valence-corrected chi connectivity index (χ1v) is 17.4. The number of amides is 1. The summed E-state index contributed by atoms with van der Waals surface area (Å²) < 4.78 is 11.9. The largest absolute Gasteiger partial charge is 0.493 e. The molecule has 4 heterocycles. The Kier molecular flexibility index (Phi) is 9.72. The highest BCUT2D eigenvalue weighted by Gasteiger charge is 2.49. The van der Waals surface area contributed by atoms with Gasteiger partial charge in [0.2, 0.25) is 0 Å². The molecule has 3 atom stereocenters. The zero-order valence-corrected chi connectivity index (χ0v) is 28.5. The molecule has 0 unspecified atom stereocenters. The van der Waals surface area contributed by atoms with E-state index in [1.807, 2.05) is 44.7 Å². The van der Waals surface area contributed by atoms with Crippen molar-refractivity contribution in [3.63, 3.8) is 0 Å². The summed E-state index contributed by atoms with van der Waals surface area (Å²) in [6.45, 7) is 17.3. The maximum Gasteiger partial charge on any atom is 0.410 e. The maximum atomic E-state index is 13.2. The molecule has 1 aromatic heterocycles. The van der Waals surface area contributed by atoms with Crippen molar-refractivity contribution >= 4 is 6.09 Å². The molecule has 2 aromatic carbocycles. The fourth-order valence-corrected chi connectivity index (χ4v) is 8.16. The topological polar surface area (TPSA) is 58.1 Å². The standard InChI is InChI=1S/C39H52N4O3/c1-6-30-25-41(24-29-14-9-8-10-15-29)23-21-39(30)28-42(26-31-16-13-22-43(31)37(44)46-38(3,4)5)27-35-33(39)19-20-34(40-35)32-17-11-12-18-36(32)45-7-2/h8-12,14-15,17-20,30-31H,6-7,13,16,21-28H2,1-5H3/t30-,31+,39+/m0/s1. The molecule has 6 rings (SSSR count). The quantitative estimate of drug-likeness (QED) is 0.258. The molecule has 3 aliphatic heterocycles. The maximum absolute atomic E-state index is 13.2. The number of hydrogen-bond acceptors (Lipinski definition) is 6. The summed E-state index contributed by atoms with van der Waals surface area (Å²) in [5.74, 6) is 1.37. The van der Waals surface area contributed by atoms with Crippen molar-refractivity contribution in [1.82, 2.24) is 19.7 Å². The van der Waals surface area contributed by atoms with Gasteiger partial charge in [-0.15, -0.1) is 0 Å². The van der Waals surface area contributed by atoms with Gasteiger partial charge in [-0.25, -0.2) is 4.79 Å². The Morgan fingerprint density at radius 2 is 1.76 bits per heavy atom. The number of hydrogen-bond donors (Lipinski definition) is 0. The van der Waals surface area contributed by atoms with Crippen LogP contribution < -0.4 is 4.74 Å². The van der Waals surface area contributed by atoms with Gasteiger partial charge < -0.3 is 14.4 Å². The number of piperidine rings is 1. The summed E-state index contributed by atoms with van der Waals surface area (Å²) in [5, 5.41) is 0. The fraction of sp³-hybridized carbons (Fsp3) is 0.538. The summed E-state index contributed by atoms with van der Waals surface area (Å²) in [5.41, 5.74) is 5.48. The second-order valence-corrected chi connectivity index (χ2v) is 14.5. The predicted octanol–water partition coefficient (Wildman–Crippen LogP) is 7.53. The zero-order chi connectivity index (χ0) is 32.3. The molecular weight excluding hydrogens is 572 g/mol. The van der Waals surface area contributed by atoms with E-state index in [0.717, 1.165) is 88.5 Å². The van der Waals surface area contributed by atoms with Gasteiger partial charge in [0.1, 0.15) is 11.4 Å². The first-order valence-electron chi connectivity index (χ1n) is 17.4. The van der Waals surface area contributed by atoms with Crippen LogP contribution in [-0.4, -0.2) is 76.8 Å². The lowest BCUT2D eigenvalue weighted by atomic mass is 9.62. The van der Waals surface area contributed by atoms with Gasteiger partial charge in [0.05, 0.1) is 18.0 Å². The van der Waals surface area contributed by atoms with Crippen LogP contribution in [0.2, 0.25) is 0 Å². The van der Waals surface area contributed by atoms with Crippen molar-refractivity contribution < 1.29 is 14.3 Å². The van der Waals surface area contributed by atoms with Gasteiger partial charge in [-0.05, 0) is 88.7 Å². The monoisotopic (exact) mass is 624 g/mol. The molecule has 0 aliphatic carbocycles. The van der Waals surface area contributed by atoms with Gasteiger partial charge in [0.15, 0.2) is 0 Å². The lowest BCUT2D eigenvalue weighted by molar-refractivity contribution is 0.0107. The first-order chi connectivity index (χ1) is 22.2. The fourth-order valence-electron chi connectivity index (χ4n) is 8.16. The molecule has 246 valence electrons. The van der Waals surface area contributed by atoms with Crippen LogP contribution in [0, 0.1) is 5.92 Å². The third-order valence-electron chi connectivity index (χ3n) is 10.2. The Morgan fingerprint density at radius 3 is 2.52 bits per heavy atom. The summed E-state index contributed by atoms with van der Waals surface area (Å²) in [4.78, 5) is 25.9. The molecule has 1 spiro atoms. The van der Waals surface area contributed by atoms with E-state index in [0.29, 0.717) is 12.5 Å². The molecule has 3 aromatic rings. The number of ether oxygens (including phenoxy) is 2. The summed E-state index contributed by atoms with van der Waals surface area (Å²) in [7, 11) is 0. The van der Waals surface area contributed by atoms with Crippen LogP contribution in [0.1, 0.15) is 77.1 Å². The van der Waals surface area contributed by atoms with E-state index in [2.05, 4.69) is 71.3 Å². The van der Waals surface area contributed by atoms with E-state index in [4.69, 9.17) is 14.5 Å². The minimum atomic E-state index is -0.501. The molecule has 2 saturated heterocycles. The molecule has 46 heavy (non-hydrogen) atoms. The second kappa shape index (κ2) is 13.7. The van der Waals surface area contributed by atoms with Crippen LogP contribution in [0.25, 0.3) is 11.3 Å². The number of likely N-dealkylation sites (tertiary alicyclic amines) is 2. The van der Waals surface area contributed by atoms with Crippen molar-refractivity contribution in [2.75, 3.05) is 39.3 Å². The Morgan fingerprint density at radius 1 is 0.978 bits per heavy atom. The van der Waals surface area contributed by atoms with Gasteiger partial charge >= 0.3 is 6.09 Å². The molecule has 3 aliphatic rings. The normalized spacial score (nSPS) is 23.8. The average molecular weight is 625 g/mol. The van der Waals surface area contributed by atoms with Crippen LogP contribution in [0.5, 0.6) is 5.75 Å². The Labute approximate surface area is 275 Å². The predicted molar refractivity (Wildman–Crippen MR) is 184 cm³/mol. The number of benzene rings is 2. The van der Waals surface area contributed by atoms with E-state index < -0.39 is 5.60 Å². The number of carbonyl (C=O) groups excluding carboxylic acids is 1. The number of aromatic nitrogens is 1. The van der Waals surface area contributed by atoms with Crippen molar-refractivity contribution in [3.8, 4) is 17.0 Å². The SMILES string of the molecule is CCOc1ccccc1-c1ccc2c(n1)CN(C[C@H]1CCCN1C(=O)OC(C)(C)C)C[C@@]21CCN(Cc2ccccc2)C[C@@H]1CC. The molecule has 1 amide bonds. The van der Waals surface area contributed by atoms with Crippen LogP contribution in [0.15, 0.2) is 66.7 Å². The van der Waals surface area contributed by atoms with Crippen molar-refractivity contribution in [2.45, 2.75) is 90.4 Å². The van der Waals surface area contributed by atoms with Gasteiger partial charge in [-0.2, -0.15) is 0 Å². The minimum Gasteiger partial charge on any atom is -0.493 e. The van der Waals surface area contributed by atoms with Crippen LogP contribution >= 0.6 is 0 Å². The van der Waals surface area contributed by atoms with Crippen LogP contribution in [-0.2, 0) is 23.2 Å². The highest BCUT2D eigenvalue weighted by atomic mass is 16.6. The molecule has 0 radical (unpaired) electrons. The summed E-state index contributed by atoms with van der Waals surface area (Å²) >= 11 is 0. The van der Waals surface area contributed by atoms with Crippen LogP contribution in [0.3, 0.4) is 0 Å². The van der Waals surface area contributed by atoms with Crippen molar-refractivity contribution in [1.29, 1.82) is 0 Å². The van der Waals surface area contributed by atoms with Gasteiger partial charge in [0, 0.05) is 56.3 Å². The molecule has 7 heteroatoms. The van der Waals surface area contributed by atoms with Crippen LogP contribution in [0.4, 0.5) is 4.79 Å². The van der Waals surface area contributed by atoms with Gasteiger partial charge in [-0.3, -0.25) is 14.8 Å². The van der Waals surface area contributed by atoms with Gasteiger partial charge in [0.25, 0.3) is 0 Å². The average Bonchev–Trinajstić information content (AvgIpc) is 3.50. The Bertz CT molecular complexity index is 1490. The molecule has 0 bridgehead atoms. The summed E-state index contributed by atoms with van der Waals surface area (Å²) in [6, 6.07) is 23.9. The Balaban J connectivity index is 1.32. The second-order valence-electron chi connectivity index (χ2n) is 14.5. The van der Waals surface area contributed by atoms with E-state index in [9.17, 15) is 4.79 Å². The van der Waals surface area contributed by atoms with Crippen molar-refractivity contribution in [3.05, 3.63) is 83.6 Å². The van der Waals surface area contributed by atoms with E-state index in [1.165, 1.54) is 16.8 Å². The number of nitrogens with zero attached hydrogens (tertiary/aromatic N) is 4. The van der Waals surface area contributed by atoms with E-state index >= 15 is 0 Å². The van der Waals surface area contributed by atoms with Gasteiger partial charge in [-0.1, -0.05) is 61.9 Å². The number of fused-ring (bicyclic) bond motifs is 2. The van der Waals surface area contributed by atoms with E-state index in [1.54, 1.807) is 0 Å². The third kappa shape index (κ3) is 6.96. The van der Waals surface area contributed by atoms with Crippen molar-refractivity contribution in [2.24, 2.45) is 5.92 Å². The molecule has 7 nitrogen and oxygen atoms in total. The molecule has 0 saturated carbocycles. The molecule has 0 N–H and O–H groups in total. The van der Waals surface area contributed by atoms with E-state index in [-0.39, 0.29) is 17.6 Å². The third-order valence-corrected chi connectivity index (χ3v) is 10.2. The lowest BCUT2D eigenvalue weighted by Crippen LogP contribution is -2.58. The molecular formula is C39H52N4O3. The minimum absolute atomic E-state index is 0.00976.